The number of carbonyl (C=O) groups is 2. The highest BCUT2D eigenvalue weighted by Gasteiger charge is 2.42. The number of hydrogen-bond acceptors (Lipinski definition) is 3. The maximum Gasteiger partial charge on any atom is 0.230 e. The van der Waals surface area contributed by atoms with E-state index in [0.717, 1.165) is 64.0 Å². The van der Waals surface area contributed by atoms with Gasteiger partial charge in [0.05, 0.1) is 12.0 Å². The molecule has 0 aromatic rings. The second kappa shape index (κ2) is 12.5. The summed E-state index contributed by atoms with van der Waals surface area (Å²) in [6, 6.07) is 0. The largest absolute Gasteiger partial charge is 0.357 e. The molecule has 0 aromatic carbocycles. The lowest BCUT2D eigenvalue weighted by Crippen LogP contribution is -2.43. The summed E-state index contributed by atoms with van der Waals surface area (Å²) in [5.74, 6) is 1.39. The van der Waals surface area contributed by atoms with Gasteiger partial charge in [-0.2, -0.15) is 0 Å². The smallest absolute Gasteiger partial charge is 0.230 e. The maximum absolute atomic E-state index is 12.7. The molecule has 0 bridgehead atoms. The van der Waals surface area contributed by atoms with Gasteiger partial charge in [0.1, 0.15) is 0 Å². The van der Waals surface area contributed by atoms with Crippen molar-refractivity contribution in [2.75, 3.05) is 40.3 Å². The van der Waals surface area contributed by atoms with Crippen LogP contribution in [0.5, 0.6) is 0 Å². The Bertz CT molecular complexity index is 529. The van der Waals surface area contributed by atoms with Crippen LogP contribution in [-0.2, 0) is 9.59 Å². The van der Waals surface area contributed by atoms with Crippen LogP contribution in [0.4, 0.5) is 0 Å². The van der Waals surface area contributed by atoms with Crippen LogP contribution in [0.25, 0.3) is 0 Å². The Balaban J connectivity index is 0.00000392. The molecule has 0 heterocycles. The molecule has 2 amide bonds. The summed E-state index contributed by atoms with van der Waals surface area (Å²) < 4.78 is 0. The van der Waals surface area contributed by atoms with Gasteiger partial charge in [-0.15, -0.1) is 24.0 Å². The van der Waals surface area contributed by atoms with Gasteiger partial charge in [-0.3, -0.25) is 14.6 Å². The predicted molar refractivity (Wildman–Crippen MR) is 124 cm³/mol. The van der Waals surface area contributed by atoms with Crippen LogP contribution >= 0.6 is 24.0 Å². The molecule has 0 saturated heterocycles. The molecule has 2 rings (SSSR count). The SMILES string of the molecule is CCNC(=NCC1(C(=O)N(C)C)CCCC1)NCCCNC(=O)C1CCC1.I. The van der Waals surface area contributed by atoms with Gasteiger partial charge in [-0.25, -0.2) is 0 Å². The first-order valence-electron chi connectivity index (χ1n) is 10.5. The minimum atomic E-state index is -0.345. The predicted octanol–water partition coefficient (Wildman–Crippen LogP) is 2.11. The van der Waals surface area contributed by atoms with E-state index in [9.17, 15) is 9.59 Å². The van der Waals surface area contributed by atoms with Gasteiger partial charge in [0.25, 0.3) is 0 Å². The van der Waals surface area contributed by atoms with Gasteiger partial charge in [0.15, 0.2) is 5.96 Å². The van der Waals surface area contributed by atoms with Crippen molar-refractivity contribution in [3.05, 3.63) is 0 Å². The Morgan fingerprint density at radius 2 is 1.68 bits per heavy atom. The number of hydrogen-bond donors (Lipinski definition) is 3. The normalized spacial score (nSPS) is 18.6. The van der Waals surface area contributed by atoms with Crippen molar-refractivity contribution < 1.29 is 9.59 Å². The average molecular weight is 507 g/mol. The summed E-state index contributed by atoms with van der Waals surface area (Å²) in [6.45, 7) is 4.76. The zero-order valence-corrected chi connectivity index (χ0v) is 20.0. The van der Waals surface area contributed by atoms with E-state index in [-0.39, 0.29) is 47.1 Å². The van der Waals surface area contributed by atoms with Crippen molar-refractivity contribution in [3.63, 3.8) is 0 Å². The van der Waals surface area contributed by atoms with Gasteiger partial charge in [-0.1, -0.05) is 19.3 Å². The quantitative estimate of drug-likeness (QED) is 0.193. The fourth-order valence-electron chi connectivity index (χ4n) is 3.86. The van der Waals surface area contributed by atoms with Crippen molar-refractivity contribution in [1.29, 1.82) is 0 Å². The van der Waals surface area contributed by atoms with Crippen molar-refractivity contribution in [2.24, 2.45) is 16.3 Å². The summed E-state index contributed by atoms with van der Waals surface area (Å²) in [7, 11) is 3.65. The Kier molecular flexibility index (Phi) is 11.1. The standard InChI is InChI=1S/C20H37N5O2.HI/c1-4-21-19(23-14-8-13-22-17(26)16-9-7-10-16)24-15-20(11-5-6-12-20)18(27)25(2)3;/h16H,4-15H2,1-3H3,(H,22,26)(H2,21,23,24);1H. The third-order valence-electron chi connectivity index (χ3n) is 5.73. The number of halogens is 1. The molecule has 8 heteroatoms. The monoisotopic (exact) mass is 507 g/mol. The lowest BCUT2D eigenvalue weighted by molar-refractivity contribution is -0.138. The van der Waals surface area contributed by atoms with Crippen LogP contribution in [0, 0.1) is 11.3 Å². The van der Waals surface area contributed by atoms with Gasteiger partial charge < -0.3 is 20.9 Å². The lowest BCUT2D eigenvalue weighted by Gasteiger charge is -2.29. The molecule has 3 N–H and O–H groups in total. The Hall–Kier alpha value is -1.06. The maximum atomic E-state index is 12.7. The number of nitrogens with zero attached hydrogens (tertiary/aromatic N) is 2. The number of guanidine groups is 1. The molecule has 0 spiro atoms. The van der Waals surface area contributed by atoms with E-state index in [1.165, 1.54) is 6.42 Å². The highest BCUT2D eigenvalue weighted by molar-refractivity contribution is 14.0. The third-order valence-corrected chi connectivity index (χ3v) is 5.73. The van der Waals surface area contributed by atoms with E-state index in [4.69, 9.17) is 4.99 Å². The molecular weight excluding hydrogens is 469 g/mol. The lowest BCUT2D eigenvalue weighted by atomic mass is 9.85. The van der Waals surface area contributed by atoms with Crippen molar-refractivity contribution in [2.45, 2.75) is 58.3 Å². The fourth-order valence-corrected chi connectivity index (χ4v) is 3.86. The van der Waals surface area contributed by atoms with Crippen LogP contribution in [0.3, 0.4) is 0 Å². The minimum Gasteiger partial charge on any atom is -0.357 e. The Morgan fingerprint density at radius 1 is 1.04 bits per heavy atom. The van der Waals surface area contributed by atoms with Crippen LogP contribution in [0.2, 0.25) is 0 Å². The molecular formula is C20H38IN5O2. The van der Waals surface area contributed by atoms with E-state index in [1.807, 2.05) is 21.0 Å². The van der Waals surface area contributed by atoms with Crippen molar-refractivity contribution in [1.82, 2.24) is 20.9 Å². The van der Waals surface area contributed by atoms with Crippen LogP contribution in [0.1, 0.15) is 58.3 Å². The molecule has 0 unspecified atom stereocenters. The molecule has 162 valence electrons. The molecule has 2 aliphatic carbocycles. The molecule has 0 radical (unpaired) electrons. The molecule has 7 nitrogen and oxygen atoms in total. The topological polar surface area (TPSA) is 85.8 Å². The number of rotatable bonds is 9. The summed E-state index contributed by atoms with van der Waals surface area (Å²) in [5.41, 5.74) is -0.345. The first kappa shape index (κ1) is 25.0. The van der Waals surface area contributed by atoms with Gasteiger partial charge in [0.2, 0.25) is 11.8 Å². The fraction of sp³-hybridized carbons (Fsp3) is 0.850. The van der Waals surface area contributed by atoms with Gasteiger partial charge >= 0.3 is 0 Å². The van der Waals surface area contributed by atoms with Crippen LogP contribution in [-0.4, -0.2) is 62.9 Å². The number of nitrogens with one attached hydrogen (secondary N) is 3. The second-order valence-electron chi connectivity index (χ2n) is 8.08. The molecule has 0 aromatic heterocycles. The first-order valence-corrected chi connectivity index (χ1v) is 10.5. The summed E-state index contributed by atoms with van der Waals surface area (Å²) in [6.07, 6.45) is 8.13. The molecule has 0 atom stereocenters. The van der Waals surface area contributed by atoms with E-state index in [2.05, 4.69) is 16.0 Å². The average Bonchev–Trinajstić information content (AvgIpc) is 3.07. The van der Waals surface area contributed by atoms with Gasteiger partial charge in [0, 0.05) is 39.6 Å². The zero-order chi connectivity index (χ0) is 19.7. The number of carbonyl (C=O) groups excluding carboxylic acids is 2. The van der Waals surface area contributed by atoms with Crippen molar-refractivity contribution in [3.8, 4) is 0 Å². The highest BCUT2D eigenvalue weighted by atomic mass is 127. The Morgan fingerprint density at radius 3 is 2.21 bits per heavy atom. The highest BCUT2D eigenvalue weighted by Crippen LogP contribution is 2.39. The van der Waals surface area contributed by atoms with E-state index < -0.39 is 0 Å². The third kappa shape index (κ3) is 7.08. The summed E-state index contributed by atoms with van der Waals surface area (Å²) >= 11 is 0. The molecule has 2 saturated carbocycles. The molecule has 2 fully saturated rings. The molecule has 0 aliphatic heterocycles. The zero-order valence-electron chi connectivity index (χ0n) is 17.7. The van der Waals surface area contributed by atoms with Crippen molar-refractivity contribution >= 4 is 41.8 Å². The van der Waals surface area contributed by atoms with E-state index >= 15 is 0 Å². The van der Waals surface area contributed by atoms with E-state index in [1.54, 1.807) is 4.90 Å². The van der Waals surface area contributed by atoms with Crippen LogP contribution < -0.4 is 16.0 Å². The molecule has 28 heavy (non-hydrogen) atoms. The first-order chi connectivity index (χ1) is 13.0. The number of amides is 2. The summed E-state index contributed by atoms with van der Waals surface area (Å²) in [4.78, 5) is 30.9. The van der Waals surface area contributed by atoms with Gasteiger partial charge in [-0.05, 0) is 39.0 Å². The van der Waals surface area contributed by atoms with E-state index in [0.29, 0.717) is 13.1 Å². The molecule has 2 aliphatic rings. The minimum absolute atomic E-state index is 0. The van der Waals surface area contributed by atoms with Crippen LogP contribution in [0.15, 0.2) is 4.99 Å². The Labute approximate surface area is 186 Å². The second-order valence-corrected chi connectivity index (χ2v) is 8.08. The summed E-state index contributed by atoms with van der Waals surface area (Å²) in [5, 5.41) is 9.59. The number of aliphatic imine (C=N–C) groups is 1.